The van der Waals surface area contributed by atoms with Crippen molar-refractivity contribution in [1.82, 2.24) is 25.3 Å². The van der Waals surface area contributed by atoms with Gasteiger partial charge in [0, 0.05) is 43.6 Å². The van der Waals surface area contributed by atoms with Crippen LogP contribution in [0.2, 0.25) is 0 Å². The molecule has 0 unspecified atom stereocenters. The van der Waals surface area contributed by atoms with E-state index in [4.69, 9.17) is 0 Å². The molecule has 3 aromatic rings. The van der Waals surface area contributed by atoms with Crippen molar-refractivity contribution in [3.63, 3.8) is 0 Å². The number of hydrogen-bond donors (Lipinski definition) is 1. The van der Waals surface area contributed by atoms with Crippen LogP contribution in [-0.2, 0) is 6.54 Å². The maximum Gasteiger partial charge on any atom is 0.151 e. The molecule has 0 aliphatic carbocycles. The van der Waals surface area contributed by atoms with Gasteiger partial charge in [-0.2, -0.15) is 10.2 Å². The van der Waals surface area contributed by atoms with E-state index in [0.29, 0.717) is 6.04 Å². The predicted octanol–water partition coefficient (Wildman–Crippen LogP) is 2.42. The molecule has 1 fully saturated rings. The van der Waals surface area contributed by atoms with Crippen LogP contribution in [0, 0.1) is 0 Å². The number of nitrogens with one attached hydrogen (secondary N) is 1. The summed E-state index contributed by atoms with van der Waals surface area (Å²) in [6.45, 7) is 2.83. The first kappa shape index (κ1) is 15.8. The number of rotatable bonds is 5. The first-order valence-corrected chi connectivity index (χ1v) is 8.73. The molecule has 0 bridgehead atoms. The van der Waals surface area contributed by atoms with E-state index in [1.165, 1.54) is 12.0 Å². The van der Waals surface area contributed by atoms with Crippen LogP contribution in [0.4, 0.5) is 5.82 Å². The Bertz CT molecular complexity index is 786. The Kier molecular flexibility index (Phi) is 4.70. The molecule has 1 saturated heterocycles. The van der Waals surface area contributed by atoms with Gasteiger partial charge in [-0.15, -0.1) is 5.10 Å². The molecule has 1 aliphatic rings. The molecule has 0 saturated carbocycles. The maximum absolute atomic E-state index is 4.46. The van der Waals surface area contributed by atoms with Crippen molar-refractivity contribution in [3.05, 3.63) is 66.6 Å². The highest BCUT2D eigenvalue weighted by Gasteiger charge is 2.20. The van der Waals surface area contributed by atoms with Crippen molar-refractivity contribution in [2.24, 2.45) is 0 Å². The number of nitrogens with zero attached hydrogens (tertiary/aromatic N) is 5. The van der Waals surface area contributed by atoms with Gasteiger partial charge >= 0.3 is 0 Å². The van der Waals surface area contributed by atoms with Crippen LogP contribution in [0.1, 0.15) is 18.4 Å². The van der Waals surface area contributed by atoms with Crippen molar-refractivity contribution in [3.8, 4) is 5.69 Å². The highest BCUT2D eigenvalue weighted by Crippen LogP contribution is 2.17. The van der Waals surface area contributed by atoms with E-state index in [0.717, 1.165) is 37.6 Å². The minimum Gasteiger partial charge on any atom is -0.354 e. The molecule has 6 nitrogen and oxygen atoms in total. The third kappa shape index (κ3) is 3.85. The fourth-order valence-electron chi connectivity index (χ4n) is 3.25. The van der Waals surface area contributed by atoms with Crippen molar-refractivity contribution < 1.29 is 0 Å². The molecular weight excluding hydrogens is 312 g/mol. The summed E-state index contributed by atoms with van der Waals surface area (Å²) in [4.78, 5) is 2.31. The third-order valence-electron chi connectivity index (χ3n) is 4.56. The minimum atomic E-state index is 0.454. The Morgan fingerprint density at radius 3 is 2.88 bits per heavy atom. The zero-order valence-corrected chi connectivity index (χ0v) is 14.1. The van der Waals surface area contributed by atoms with Crippen LogP contribution in [0.25, 0.3) is 5.69 Å². The fraction of sp³-hybridized carbons (Fsp3) is 0.316. The summed E-state index contributed by atoms with van der Waals surface area (Å²) >= 11 is 0. The summed E-state index contributed by atoms with van der Waals surface area (Å²) in [5.74, 6) is 0.964. The molecule has 4 rings (SSSR count). The van der Waals surface area contributed by atoms with Crippen LogP contribution < -0.4 is 10.2 Å². The molecule has 0 amide bonds. The van der Waals surface area contributed by atoms with Gasteiger partial charge in [0.25, 0.3) is 0 Å². The first-order valence-electron chi connectivity index (χ1n) is 8.73. The molecule has 128 valence electrons. The van der Waals surface area contributed by atoms with Gasteiger partial charge in [0.1, 0.15) is 0 Å². The van der Waals surface area contributed by atoms with E-state index in [9.17, 15) is 0 Å². The number of hydrogen-bond acceptors (Lipinski definition) is 5. The zero-order valence-electron chi connectivity index (χ0n) is 14.1. The van der Waals surface area contributed by atoms with Gasteiger partial charge in [0.15, 0.2) is 5.82 Å². The zero-order chi connectivity index (χ0) is 16.9. The number of piperidine rings is 1. The van der Waals surface area contributed by atoms with Gasteiger partial charge < -0.3 is 10.2 Å². The lowest BCUT2D eigenvalue weighted by atomic mass is 10.1. The van der Waals surface area contributed by atoms with Crippen LogP contribution >= 0.6 is 0 Å². The smallest absolute Gasteiger partial charge is 0.151 e. The van der Waals surface area contributed by atoms with E-state index in [1.807, 2.05) is 41.2 Å². The van der Waals surface area contributed by atoms with Gasteiger partial charge in [-0.3, -0.25) is 0 Å². The lowest BCUT2D eigenvalue weighted by molar-refractivity contribution is 0.419. The summed E-state index contributed by atoms with van der Waals surface area (Å²) in [6, 6.07) is 14.6. The van der Waals surface area contributed by atoms with Crippen LogP contribution in [-0.4, -0.2) is 39.1 Å². The van der Waals surface area contributed by atoms with E-state index >= 15 is 0 Å². The topological polar surface area (TPSA) is 58.9 Å². The van der Waals surface area contributed by atoms with E-state index in [-0.39, 0.29) is 0 Å². The Hall–Kier alpha value is -2.73. The van der Waals surface area contributed by atoms with Gasteiger partial charge in [-0.05, 0) is 37.1 Å². The minimum absolute atomic E-state index is 0.454. The molecule has 1 aliphatic heterocycles. The van der Waals surface area contributed by atoms with Crippen LogP contribution in [0.3, 0.4) is 0 Å². The number of anilines is 1. The second kappa shape index (κ2) is 7.44. The van der Waals surface area contributed by atoms with Crippen LogP contribution in [0.15, 0.2) is 61.1 Å². The van der Waals surface area contributed by atoms with Gasteiger partial charge in [0.05, 0.1) is 11.9 Å². The summed E-state index contributed by atoms with van der Waals surface area (Å²) in [5.41, 5.74) is 2.28. The van der Waals surface area contributed by atoms with Gasteiger partial charge in [0.2, 0.25) is 0 Å². The summed E-state index contributed by atoms with van der Waals surface area (Å²) in [5, 5.41) is 16.3. The molecule has 25 heavy (non-hydrogen) atoms. The lowest BCUT2D eigenvalue weighted by Gasteiger charge is -2.33. The number of aromatic nitrogens is 4. The Morgan fingerprint density at radius 1 is 1.12 bits per heavy atom. The largest absolute Gasteiger partial charge is 0.354 e. The summed E-state index contributed by atoms with van der Waals surface area (Å²) < 4.78 is 1.92. The van der Waals surface area contributed by atoms with Crippen molar-refractivity contribution in [1.29, 1.82) is 0 Å². The third-order valence-corrected chi connectivity index (χ3v) is 4.56. The fourth-order valence-corrected chi connectivity index (χ4v) is 3.25. The molecule has 2 aromatic heterocycles. The van der Waals surface area contributed by atoms with E-state index in [1.54, 1.807) is 6.20 Å². The van der Waals surface area contributed by atoms with Crippen LogP contribution in [0.5, 0.6) is 0 Å². The molecule has 0 radical (unpaired) electrons. The number of benzene rings is 1. The quantitative estimate of drug-likeness (QED) is 0.776. The first-order chi connectivity index (χ1) is 12.4. The maximum atomic E-state index is 4.46. The predicted molar refractivity (Wildman–Crippen MR) is 97.7 cm³/mol. The lowest BCUT2D eigenvalue weighted by Crippen LogP contribution is -2.45. The highest BCUT2D eigenvalue weighted by molar-refractivity contribution is 5.37. The Morgan fingerprint density at radius 2 is 2.04 bits per heavy atom. The molecule has 1 N–H and O–H groups in total. The van der Waals surface area contributed by atoms with E-state index in [2.05, 4.69) is 43.8 Å². The number of para-hydroxylation sites is 1. The normalized spacial score (nSPS) is 17.6. The second-order valence-corrected chi connectivity index (χ2v) is 6.38. The molecule has 0 spiro atoms. The van der Waals surface area contributed by atoms with Gasteiger partial charge in [-0.25, -0.2) is 4.68 Å². The van der Waals surface area contributed by atoms with Crippen molar-refractivity contribution >= 4 is 5.82 Å². The van der Waals surface area contributed by atoms with E-state index < -0.39 is 0 Å². The van der Waals surface area contributed by atoms with Gasteiger partial charge in [-0.1, -0.05) is 18.2 Å². The van der Waals surface area contributed by atoms with Crippen molar-refractivity contribution in [2.45, 2.75) is 25.4 Å². The molecule has 1 aromatic carbocycles. The Balaban J connectivity index is 1.35. The molecule has 6 heteroatoms. The molecular formula is C19H22N6. The standard InChI is InChI=1S/C19H22N6/c1-2-7-18(8-3-1)25-14-16(13-22-25)12-20-17-6-5-11-24(15-17)19-9-4-10-21-23-19/h1-4,7-10,13-14,17,20H,5-6,11-12,15H2/t17-/m1/s1. The van der Waals surface area contributed by atoms with Crippen molar-refractivity contribution in [2.75, 3.05) is 18.0 Å². The average Bonchev–Trinajstić information content (AvgIpc) is 3.17. The SMILES string of the molecule is c1ccc(-n2cc(CN[C@@H]3CCCN(c4cccnn4)C3)cn2)cc1. The monoisotopic (exact) mass is 334 g/mol. The average molecular weight is 334 g/mol. The Labute approximate surface area is 147 Å². The molecule has 1 atom stereocenters. The highest BCUT2D eigenvalue weighted by atomic mass is 15.3. The summed E-state index contributed by atoms with van der Waals surface area (Å²) in [7, 11) is 0. The summed E-state index contributed by atoms with van der Waals surface area (Å²) in [6.07, 6.45) is 8.09. The second-order valence-electron chi connectivity index (χ2n) is 6.38. The molecule has 3 heterocycles.